The fourth-order valence-corrected chi connectivity index (χ4v) is 3.68. The summed E-state index contributed by atoms with van der Waals surface area (Å²) in [5, 5.41) is 3.74. The van der Waals surface area contributed by atoms with Gasteiger partial charge in [0.15, 0.2) is 0 Å². The summed E-state index contributed by atoms with van der Waals surface area (Å²) in [7, 11) is 0. The van der Waals surface area contributed by atoms with Gasteiger partial charge in [-0.2, -0.15) is 0 Å². The fraction of sp³-hybridized carbons (Fsp3) is 0.174. The minimum absolute atomic E-state index is 0.241. The van der Waals surface area contributed by atoms with Crippen LogP contribution in [0.4, 0.5) is 5.69 Å². The molecule has 0 heterocycles. The van der Waals surface area contributed by atoms with E-state index in [1.807, 2.05) is 18.2 Å². The van der Waals surface area contributed by atoms with Crippen LogP contribution in [0.3, 0.4) is 0 Å². The average molecular weight is 412 g/mol. The first-order chi connectivity index (χ1) is 13.6. The zero-order chi connectivity index (χ0) is 19.5. The number of anilines is 1. The quantitative estimate of drug-likeness (QED) is 0.533. The molecule has 1 aliphatic carbocycles. The van der Waals surface area contributed by atoms with E-state index in [4.69, 9.17) is 27.9 Å². The summed E-state index contributed by atoms with van der Waals surface area (Å²) in [5.41, 5.74) is 4.85. The molecule has 4 rings (SSSR count). The van der Waals surface area contributed by atoms with E-state index in [9.17, 15) is 4.79 Å². The third kappa shape index (κ3) is 4.32. The molecule has 0 spiro atoms. The molecule has 0 atom stereocenters. The van der Waals surface area contributed by atoms with Gasteiger partial charge in [-0.05, 0) is 78.4 Å². The second kappa shape index (κ2) is 8.26. The number of ether oxygens (including phenoxy) is 1. The molecular formula is C23H19Cl2NO2. The van der Waals surface area contributed by atoms with Gasteiger partial charge in [0, 0.05) is 10.6 Å². The maximum Gasteiger partial charge on any atom is 0.255 e. The van der Waals surface area contributed by atoms with E-state index < -0.39 is 0 Å². The normalized spacial score (nSPS) is 12.5. The van der Waals surface area contributed by atoms with Gasteiger partial charge in [0.25, 0.3) is 5.91 Å². The Kier molecular flexibility index (Phi) is 5.56. The zero-order valence-corrected chi connectivity index (χ0v) is 16.7. The van der Waals surface area contributed by atoms with E-state index in [2.05, 4.69) is 17.4 Å². The van der Waals surface area contributed by atoms with Crippen LogP contribution in [-0.4, -0.2) is 5.91 Å². The Hall–Kier alpha value is -2.49. The van der Waals surface area contributed by atoms with Crippen LogP contribution in [0.15, 0.2) is 60.7 Å². The lowest BCUT2D eigenvalue weighted by molar-refractivity contribution is 0.102. The molecule has 1 aliphatic rings. The first-order valence-corrected chi connectivity index (χ1v) is 9.94. The lowest BCUT2D eigenvalue weighted by Gasteiger charge is -2.10. The highest BCUT2D eigenvalue weighted by Crippen LogP contribution is 2.27. The van der Waals surface area contributed by atoms with E-state index in [1.54, 1.807) is 30.3 Å². The second-order valence-electron chi connectivity index (χ2n) is 6.85. The summed E-state index contributed by atoms with van der Waals surface area (Å²) >= 11 is 12.1. The van der Waals surface area contributed by atoms with E-state index in [0.29, 0.717) is 27.9 Å². The third-order valence-electron chi connectivity index (χ3n) is 4.87. The van der Waals surface area contributed by atoms with Gasteiger partial charge in [-0.3, -0.25) is 4.79 Å². The number of carbonyl (C=O) groups excluding carboxylic acids is 1. The Morgan fingerprint density at radius 3 is 2.54 bits per heavy atom. The molecular weight excluding hydrogens is 393 g/mol. The number of amides is 1. The zero-order valence-electron chi connectivity index (χ0n) is 15.2. The smallest absolute Gasteiger partial charge is 0.255 e. The van der Waals surface area contributed by atoms with Crippen LogP contribution >= 0.6 is 23.2 Å². The standard InChI is InChI=1S/C23H19Cl2NO2/c24-19-9-11-21(25)22(13-19)26-23(27)17-6-4-15(5-7-17)14-28-20-10-8-16-2-1-3-18(16)12-20/h4-13H,1-3,14H2,(H,26,27). The van der Waals surface area contributed by atoms with Gasteiger partial charge in [-0.1, -0.05) is 41.4 Å². The molecule has 0 fully saturated rings. The number of hydrogen-bond acceptors (Lipinski definition) is 2. The molecule has 1 amide bonds. The lowest BCUT2D eigenvalue weighted by atomic mass is 10.1. The maximum absolute atomic E-state index is 12.4. The van der Waals surface area contributed by atoms with Crippen molar-refractivity contribution in [3.8, 4) is 5.75 Å². The van der Waals surface area contributed by atoms with E-state index in [0.717, 1.165) is 17.7 Å². The van der Waals surface area contributed by atoms with E-state index >= 15 is 0 Å². The predicted molar refractivity (Wildman–Crippen MR) is 114 cm³/mol. The lowest BCUT2D eigenvalue weighted by Crippen LogP contribution is -2.12. The number of benzene rings is 3. The highest BCUT2D eigenvalue weighted by Gasteiger charge is 2.12. The van der Waals surface area contributed by atoms with Gasteiger partial charge >= 0.3 is 0 Å². The molecule has 0 saturated heterocycles. The number of nitrogens with one attached hydrogen (secondary N) is 1. The Balaban J connectivity index is 1.38. The number of rotatable bonds is 5. The second-order valence-corrected chi connectivity index (χ2v) is 7.69. The van der Waals surface area contributed by atoms with Gasteiger partial charge in [0.1, 0.15) is 12.4 Å². The molecule has 0 saturated carbocycles. The van der Waals surface area contributed by atoms with Gasteiger partial charge < -0.3 is 10.1 Å². The van der Waals surface area contributed by atoms with Crippen LogP contribution in [0.1, 0.15) is 33.5 Å². The van der Waals surface area contributed by atoms with Crippen LogP contribution in [0.25, 0.3) is 0 Å². The van der Waals surface area contributed by atoms with Gasteiger partial charge in [0.2, 0.25) is 0 Å². The summed E-state index contributed by atoms with van der Waals surface area (Å²) in [6.45, 7) is 0.459. The van der Waals surface area contributed by atoms with Crippen molar-refractivity contribution in [1.29, 1.82) is 0 Å². The van der Waals surface area contributed by atoms with Crippen molar-refractivity contribution in [2.75, 3.05) is 5.32 Å². The van der Waals surface area contributed by atoms with Gasteiger partial charge in [-0.15, -0.1) is 0 Å². The number of aryl methyl sites for hydroxylation is 2. The molecule has 0 radical (unpaired) electrons. The molecule has 0 aromatic heterocycles. The van der Waals surface area contributed by atoms with Crippen LogP contribution in [0.2, 0.25) is 10.0 Å². The monoisotopic (exact) mass is 411 g/mol. The fourth-order valence-electron chi connectivity index (χ4n) is 3.34. The molecule has 0 aliphatic heterocycles. The van der Waals surface area contributed by atoms with Crippen LogP contribution in [0, 0.1) is 0 Å². The Morgan fingerprint density at radius 1 is 0.929 bits per heavy atom. The van der Waals surface area contributed by atoms with Gasteiger partial charge in [0.05, 0.1) is 10.7 Å². The van der Waals surface area contributed by atoms with Crippen molar-refractivity contribution >= 4 is 34.8 Å². The van der Waals surface area contributed by atoms with Crippen molar-refractivity contribution in [2.45, 2.75) is 25.9 Å². The molecule has 3 aromatic carbocycles. The van der Waals surface area contributed by atoms with Crippen molar-refractivity contribution in [1.82, 2.24) is 0 Å². The molecule has 0 unspecified atom stereocenters. The summed E-state index contributed by atoms with van der Waals surface area (Å²) in [5.74, 6) is 0.647. The minimum atomic E-state index is -0.241. The molecule has 0 bridgehead atoms. The topological polar surface area (TPSA) is 38.3 Å². The number of halogens is 2. The largest absolute Gasteiger partial charge is 0.489 e. The minimum Gasteiger partial charge on any atom is -0.489 e. The summed E-state index contributed by atoms with van der Waals surface area (Å²) in [6, 6.07) is 18.6. The first-order valence-electron chi connectivity index (χ1n) is 9.18. The van der Waals surface area contributed by atoms with Crippen LogP contribution in [0.5, 0.6) is 5.75 Å². The van der Waals surface area contributed by atoms with Crippen molar-refractivity contribution in [3.63, 3.8) is 0 Å². The Labute approximate surface area is 174 Å². The van der Waals surface area contributed by atoms with Crippen LogP contribution in [-0.2, 0) is 19.4 Å². The predicted octanol–water partition coefficient (Wildman–Crippen LogP) is 6.31. The van der Waals surface area contributed by atoms with Crippen molar-refractivity contribution < 1.29 is 9.53 Å². The Morgan fingerprint density at radius 2 is 1.71 bits per heavy atom. The molecule has 5 heteroatoms. The van der Waals surface area contributed by atoms with Crippen molar-refractivity contribution in [2.24, 2.45) is 0 Å². The first kappa shape index (κ1) is 18.9. The van der Waals surface area contributed by atoms with Crippen LogP contribution < -0.4 is 10.1 Å². The third-order valence-corrected chi connectivity index (χ3v) is 5.43. The highest BCUT2D eigenvalue weighted by molar-refractivity contribution is 6.35. The van der Waals surface area contributed by atoms with E-state index in [1.165, 1.54) is 24.0 Å². The number of hydrogen-bond donors (Lipinski definition) is 1. The highest BCUT2D eigenvalue weighted by atomic mass is 35.5. The molecule has 3 aromatic rings. The molecule has 1 N–H and O–H groups in total. The molecule has 142 valence electrons. The maximum atomic E-state index is 12.4. The van der Waals surface area contributed by atoms with Gasteiger partial charge in [-0.25, -0.2) is 0 Å². The summed E-state index contributed by atoms with van der Waals surface area (Å²) < 4.78 is 5.91. The number of carbonyl (C=O) groups is 1. The SMILES string of the molecule is O=C(Nc1cc(Cl)ccc1Cl)c1ccc(COc2ccc3c(c2)CCC3)cc1. The Bertz CT molecular complexity index is 1020. The summed E-state index contributed by atoms with van der Waals surface area (Å²) in [6.07, 6.45) is 3.52. The van der Waals surface area contributed by atoms with Crippen molar-refractivity contribution in [3.05, 3.63) is 93.0 Å². The summed E-state index contributed by atoms with van der Waals surface area (Å²) in [4.78, 5) is 12.4. The number of fused-ring (bicyclic) bond motifs is 1. The molecule has 28 heavy (non-hydrogen) atoms. The average Bonchev–Trinajstić information content (AvgIpc) is 3.17. The molecule has 3 nitrogen and oxygen atoms in total. The van der Waals surface area contributed by atoms with E-state index in [-0.39, 0.29) is 5.91 Å².